The minimum Gasteiger partial charge on any atom is -0.487 e. The van der Waals surface area contributed by atoms with Gasteiger partial charge in [0, 0.05) is 11.4 Å². The minimum absolute atomic E-state index is 0.148. The predicted octanol–water partition coefficient (Wildman–Crippen LogP) is 3.79. The van der Waals surface area contributed by atoms with Crippen LogP contribution in [0.15, 0.2) is 95.9 Å². The van der Waals surface area contributed by atoms with E-state index in [9.17, 15) is 13.5 Å². The normalized spacial score (nSPS) is 9.77. The van der Waals surface area contributed by atoms with Gasteiger partial charge in [0.2, 0.25) is 10.0 Å². The first kappa shape index (κ1) is 25.0. The molecule has 0 heterocycles. The molecule has 158 valence electrons. The van der Waals surface area contributed by atoms with Crippen LogP contribution in [0.4, 0.5) is 11.4 Å². The molecular formula is C20H21N3O4S3. The second-order valence-electron chi connectivity index (χ2n) is 5.49. The number of hydrogen-bond acceptors (Lipinski definition) is 4. The van der Waals surface area contributed by atoms with E-state index in [0.29, 0.717) is 0 Å². The Labute approximate surface area is 186 Å². The number of aliphatic hydroxyl groups excluding tert-OH is 2. The lowest BCUT2D eigenvalue weighted by molar-refractivity contribution is 0.557. The van der Waals surface area contributed by atoms with Crippen molar-refractivity contribution >= 4 is 56.2 Å². The molecule has 7 nitrogen and oxygen atoms in total. The second kappa shape index (κ2) is 12.5. The van der Waals surface area contributed by atoms with Gasteiger partial charge in [0.05, 0.1) is 4.90 Å². The highest BCUT2D eigenvalue weighted by Crippen LogP contribution is 2.24. The molecule has 3 aromatic rings. The van der Waals surface area contributed by atoms with Crippen LogP contribution in [0.5, 0.6) is 0 Å². The van der Waals surface area contributed by atoms with Gasteiger partial charge in [0.1, 0.15) is 0 Å². The van der Waals surface area contributed by atoms with Gasteiger partial charge in [-0.3, -0.25) is 4.90 Å². The number of anilines is 2. The average Bonchev–Trinajstić information content (AvgIpc) is 2.70. The number of thiocarbonyl (C=S) groups is 2. The van der Waals surface area contributed by atoms with Crippen LogP contribution < -0.4 is 15.8 Å². The fraction of sp³-hybridized carbons (Fsp3) is 0. The summed E-state index contributed by atoms with van der Waals surface area (Å²) in [6, 6.07) is 27.0. The van der Waals surface area contributed by atoms with Gasteiger partial charge in [-0.25, -0.2) is 13.6 Å². The van der Waals surface area contributed by atoms with Crippen LogP contribution in [0, 0.1) is 0 Å². The van der Waals surface area contributed by atoms with E-state index in [4.69, 9.17) is 22.5 Å². The third kappa shape index (κ3) is 9.43. The number of nitrogens with two attached hydrogens (primary N) is 2. The lowest BCUT2D eigenvalue weighted by Crippen LogP contribution is -2.23. The summed E-state index contributed by atoms with van der Waals surface area (Å²) in [6.45, 7) is 0. The largest absolute Gasteiger partial charge is 0.487 e. The summed E-state index contributed by atoms with van der Waals surface area (Å²) < 4.78 is 21.2. The summed E-state index contributed by atoms with van der Waals surface area (Å²) in [7, 11) is -3.50. The fourth-order valence-electron chi connectivity index (χ4n) is 2.13. The van der Waals surface area contributed by atoms with E-state index in [0.717, 1.165) is 11.4 Å². The Balaban J connectivity index is 0.000000274. The molecule has 0 aliphatic heterocycles. The van der Waals surface area contributed by atoms with E-state index in [-0.39, 0.29) is 10.1 Å². The van der Waals surface area contributed by atoms with Gasteiger partial charge >= 0.3 is 0 Å². The molecule has 0 unspecified atom stereocenters. The first-order valence-corrected chi connectivity index (χ1v) is 10.7. The zero-order valence-electron chi connectivity index (χ0n) is 15.7. The van der Waals surface area contributed by atoms with Crippen molar-refractivity contribution in [2.75, 3.05) is 4.90 Å². The molecule has 0 amide bonds. The maximum Gasteiger partial charge on any atom is 0.266 e. The topological polar surface area (TPSA) is 130 Å². The summed E-state index contributed by atoms with van der Waals surface area (Å²) in [5, 5.41) is 21.3. The molecule has 3 aromatic carbocycles. The lowest BCUT2D eigenvalue weighted by Gasteiger charge is -2.21. The van der Waals surface area contributed by atoms with E-state index in [2.05, 4.69) is 18.0 Å². The van der Waals surface area contributed by atoms with E-state index in [1.807, 2.05) is 60.7 Å². The third-order valence-corrected chi connectivity index (χ3v) is 4.40. The molecule has 0 aliphatic carbocycles. The summed E-state index contributed by atoms with van der Waals surface area (Å²) in [5.41, 5.74) is 6.09. The zero-order chi connectivity index (χ0) is 22.6. The maximum absolute atomic E-state index is 10.6. The number of benzene rings is 3. The Bertz CT molecular complexity index is 989. The number of sulfonamides is 1. The summed E-state index contributed by atoms with van der Waals surface area (Å²) in [5.74, 6) is 0. The number of hydrogen-bond donors (Lipinski definition) is 4. The fourth-order valence-corrected chi connectivity index (χ4v) is 2.88. The molecule has 30 heavy (non-hydrogen) atoms. The van der Waals surface area contributed by atoms with Crippen LogP contribution in [0.2, 0.25) is 0 Å². The molecule has 10 heteroatoms. The SMILES string of the molecule is NC(O)=S.NS(=O)(=O)c1ccccc1.OC(=S)N(c1ccccc1)c1ccccc1. The number of aliphatic hydroxyl groups is 2. The molecule has 3 rings (SSSR count). The first-order valence-electron chi connectivity index (χ1n) is 8.32. The van der Waals surface area contributed by atoms with E-state index >= 15 is 0 Å². The molecule has 0 saturated carbocycles. The molecule has 0 aliphatic rings. The van der Waals surface area contributed by atoms with Crippen LogP contribution in [-0.4, -0.2) is 29.0 Å². The molecule has 6 N–H and O–H groups in total. The molecule has 0 fully saturated rings. The van der Waals surface area contributed by atoms with Crippen LogP contribution >= 0.6 is 24.4 Å². The molecule has 0 bridgehead atoms. The van der Waals surface area contributed by atoms with Gasteiger partial charge in [0.15, 0.2) is 0 Å². The van der Waals surface area contributed by atoms with Gasteiger partial charge in [-0.05, 0) is 60.8 Å². The van der Waals surface area contributed by atoms with Crippen molar-refractivity contribution in [1.82, 2.24) is 0 Å². The highest BCUT2D eigenvalue weighted by Gasteiger charge is 2.12. The van der Waals surface area contributed by atoms with Crippen LogP contribution in [-0.2, 0) is 10.0 Å². The molecular weight excluding hydrogens is 442 g/mol. The van der Waals surface area contributed by atoms with Crippen LogP contribution in [0.25, 0.3) is 0 Å². The smallest absolute Gasteiger partial charge is 0.266 e. The minimum atomic E-state index is -3.50. The summed E-state index contributed by atoms with van der Waals surface area (Å²) in [6.07, 6.45) is 0. The van der Waals surface area contributed by atoms with Gasteiger partial charge < -0.3 is 15.9 Å². The van der Waals surface area contributed by atoms with Crippen molar-refractivity contribution in [1.29, 1.82) is 0 Å². The van der Waals surface area contributed by atoms with Crippen molar-refractivity contribution in [3.8, 4) is 0 Å². The number of rotatable bonds is 3. The Morgan fingerprint density at radius 3 is 1.27 bits per heavy atom. The highest BCUT2D eigenvalue weighted by atomic mass is 32.2. The summed E-state index contributed by atoms with van der Waals surface area (Å²) >= 11 is 8.73. The van der Waals surface area contributed by atoms with Gasteiger partial charge in [-0.15, -0.1) is 0 Å². The lowest BCUT2D eigenvalue weighted by atomic mass is 10.2. The predicted molar refractivity (Wildman–Crippen MR) is 127 cm³/mol. The standard InChI is InChI=1S/C13H11NOS.C6H7NO2S.CH3NOS/c15-13(16)14(11-7-3-1-4-8-11)12-9-5-2-6-10-12;7-10(8,9)6-4-2-1-3-5-6;2-1(3)4/h1-10H,(H,15,16);1-5H,(H2,7,8,9);(H3,2,3,4). The summed E-state index contributed by atoms with van der Waals surface area (Å²) in [4.78, 5) is 1.77. The maximum atomic E-state index is 10.6. The highest BCUT2D eigenvalue weighted by molar-refractivity contribution is 7.89. The average molecular weight is 464 g/mol. The van der Waals surface area contributed by atoms with Crippen molar-refractivity contribution in [2.45, 2.75) is 4.90 Å². The Morgan fingerprint density at radius 2 is 1.03 bits per heavy atom. The Hall–Kier alpha value is -3.05. The Kier molecular flexibility index (Phi) is 10.4. The van der Waals surface area contributed by atoms with Gasteiger partial charge in [-0.2, -0.15) is 0 Å². The molecule has 0 saturated heterocycles. The van der Waals surface area contributed by atoms with Gasteiger partial charge in [-0.1, -0.05) is 54.6 Å². The van der Waals surface area contributed by atoms with Crippen LogP contribution in [0.3, 0.4) is 0 Å². The molecule has 0 radical (unpaired) electrons. The van der Waals surface area contributed by atoms with Crippen molar-refractivity contribution < 1.29 is 18.6 Å². The number of para-hydroxylation sites is 2. The molecule has 0 atom stereocenters. The van der Waals surface area contributed by atoms with Crippen molar-refractivity contribution in [2.24, 2.45) is 10.9 Å². The first-order chi connectivity index (χ1) is 14.1. The second-order valence-corrected chi connectivity index (χ2v) is 7.83. The molecule has 0 spiro atoms. The van der Waals surface area contributed by atoms with Crippen molar-refractivity contribution in [3.05, 3.63) is 91.0 Å². The van der Waals surface area contributed by atoms with Gasteiger partial charge in [0.25, 0.3) is 10.3 Å². The zero-order valence-corrected chi connectivity index (χ0v) is 18.1. The monoisotopic (exact) mass is 463 g/mol. The Morgan fingerprint density at radius 1 is 0.733 bits per heavy atom. The van der Waals surface area contributed by atoms with E-state index in [1.54, 1.807) is 23.1 Å². The quantitative estimate of drug-likeness (QED) is 0.432. The van der Waals surface area contributed by atoms with Crippen molar-refractivity contribution in [3.63, 3.8) is 0 Å². The number of primary sulfonamides is 1. The van der Waals surface area contributed by atoms with E-state index in [1.165, 1.54) is 12.1 Å². The third-order valence-electron chi connectivity index (χ3n) is 3.29. The number of nitrogens with zero attached hydrogens (tertiary/aromatic N) is 1. The molecule has 0 aromatic heterocycles. The van der Waals surface area contributed by atoms with E-state index < -0.39 is 15.2 Å². The van der Waals surface area contributed by atoms with Crippen LogP contribution in [0.1, 0.15) is 0 Å².